The van der Waals surface area contributed by atoms with E-state index in [-0.39, 0.29) is 44.4 Å². The van der Waals surface area contributed by atoms with Crippen LogP contribution in [-0.2, 0) is 47.7 Å². The van der Waals surface area contributed by atoms with Gasteiger partial charge in [-0.2, -0.15) is 0 Å². The number of methoxy groups -OCH3 is 1. The van der Waals surface area contributed by atoms with Gasteiger partial charge >= 0.3 is 23.9 Å². The first-order valence-corrected chi connectivity index (χ1v) is 12.7. The SMILES string of the molecule is C=CC(=O)OCC(CC)(COC(C)=O)COC(=O)CCC(CC(=O)OC)(C(C)=O)C(=O)C1CCCCC1. The van der Waals surface area contributed by atoms with Gasteiger partial charge in [-0.05, 0) is 32.6 Å². The van der Waals surface area contributed by atoms with Gasteiger partial charge in [0.2, 0.25) is 0 Å². The van der Waals surface area contributed by atoms with Crippen LogP contribution >= 0.6 is 0 Å². The molecule has 1 saturated carbocycles. The van der Waals surface area contributed by atoms with Crippen molar-refractivity contribution in [3.05, 3.63) is 12.7 Å². The third kappa shape index (κ3) is 9.74. The highest BCUT2D eigenvalue weighted by atomic mass is 16.6. The number of carbonyl (C=O) groups excluding carboxylic acids is 6. The average Bonchev–Trinajstić information content (AvgIpc) is 2.90. The van der Waals surface area contributed by atoms with E-state index in [1.54, 1.807) is 6.92 Å². The first-order chi connectivity index (χ1) is 17.4. The molecule has 0 radical (unpaired) electrons. The third-order valence-electron chi connectivity index (χ3n) is 7.11. The molecule has 10 nitrogen and oxygen atoms in total. The number of hydrogen-bond donors (Lipinski definition) is 0. The Morgan fingerprint density at radius 2 is 1.49 bits per heavy atom. The zero-order valence-electron chi connectivity index (χ0n) is 22.4. The number of ether oxygens (including phenoxy) is 4. The van der Waals surface area contributed by atoms with E-state index in [0.29, 0.717) is 19.3 Å². The van der Waals surface area contributed by atoms with Crippen LogP contribution in [-0.4, -0.2) is 62.4 Å². The number of hydrogen-bond acceptors (Lipinski definition) is 10. The van der Waals surface area contributed by atoms with Crippen molar-refractivity contribution in [3.8, 4) is 0 Å². The van der Waals surface area contributed by atoms with Gasteiger partial charge in [-0.25, -0.2) is 4.79 Å². The molecule has 0 spiro atoms. The molecule has 0 aromatic rings. The van der Waals surface area contributed by atoms with Crippen molar-refractivity contribution < 1.29 is 47.7 Å². The van der Waals surface area contributed by atoms with Gasteiger partial charge in [-0.3, -0.25) is 24.0 Å². The Labute approximate surface area is 218 Å². The Balaban J connectivity index is 3.02. The topological polar surface area (TPSA) is 139 Å². The molecule has 10 heteroatoms. The van der Waals surface area contributed by atoms with Crippen LogP contribution < -0.4 is 0 Å². The predicted molar refractivity (Wildman–Crippen MR) is 132 cm³/mol. The first kappa shape index (κ1) is 32.0. The first-order valence-electron chi connectivity index (χ1n) is 12.7. The van der Waals surface area contributed by atoms with E-state index >= 15 is 0 Å². The van der Waals surface area contributed by atoms with Crippen LogP contribution in [0.15, 0.2) is 12.7 Å². The molecule has 0 bridgehead atoms. The van der Waals surface area contributed by atoms with Gasteiger partial charge in [0.15, 0.2) is 0 Å². The van der Waals surface area contributed by atoms with Crippen molar-refractivity contribution in [3.63, 3.8) is 0 Å². The van der Waals surface area contributed by atoms with Crippen LogP contribution in [0.3, 0.4) is 0 Å². The fourth-order valence-corrected chi connectivity index (χ4v) is 4.44. The highest BCUT2D eigenvalue weighted by molar-refractivity contribution is 6.09. The molecular weight excluding hydrogens is 484 g/mol. The minimum absolute atomic E-state index is 0.156. The molecule has 2 unspecified atom stereocenters. The molecule has 208 valence electrons. The molecule has 0 aromatic carbocycles. The van der Waals surface area contributed by atoms with Crippen LogP contribution in [0.4, 0.5) is 0 Å². The van der Waals surface area contributed by atoms with E-state index in [1.807, 2.05) is 0 Å². The van der Waals surface area contributed by atoms with E-state index in [0.717, 1.165) is 25.3 Å². The van der Waals surface area contributed by atoms with Crippen molar-refractivity contribution in [2.24, 2.45) is 16.7 Å². The summed E-state index contributed by atoms with van der Waals surface area (Å²) in [4.78, 5) is 74.3. The van der Waals surface area contributed by atoms with Gasteiger partial charge in [0.1, 0.15) is 31.4 Å². The van der Waals surface area contributed by atoms with Crippen LogP contribution in [0.25, 0.3) is 0 Å². The predicted octanol–water partition coefficient (Wildman–Crippen LogP) is 3.29. The van der Waals surface area contributed by atoms with Crippen LogP contribution in [0.2, 0.25) is 0 Å². The normalized spacial score (nSPS) is 16.9. The van der Waals surface area contributed by atoms with Gasteiger partial charge < -0.3 is 18.9 Å². The van der Waals surface area contributed by atoms with E-state index < -0.39 is 46.9 Å². The van der Waals surface area contributed by atoms with Gasteiger partial charge in [0, 0.05) is 25.3 Å². The molecule has 1 aliphatic rings. The molecule has 0 aromatic heterocycles. The summed E-state index contributed by atoms with van der Waals surface area (Å²) in [6.07, 6.45) is 4.41. The fraction of sp³-hybridized carbons (Fsp3) is 0.704. The highest BCUT2D eigenvalue weighted by Crippen LogP contribution is 2.39. The maximum absolute atomic E-state index is 13.5. The minimum atomic E-state index is -1.67. The summed E-state index contributed by atoms with van der Waals surface area (Å²) in [5, 5.41) is 0. The quantitative estimate of drug-likeness (QED) is 0.128. The summed E-state index contributed by atoms with van der Waals surface area (Å²) in [5.41, 5.74) is -2.67. The third-order valence-corrected chi connectivity index (χ3v) is 7.11. The molecule has 0 aliphatic heterocycles. The highest BCUT2D eigenvalue weighted by Gasteiger charge is 2.48. The Kier molecular flexibility index (Phi) is 13.2. The van der Waals surface area contributed by atoms with E-state index in [9.17, 15) is 28.8 Å². The van der Waals surface area contributed by atoms with Crippen molar-refractivity contribution in [1.82, 2.24) is 0 Å². The van der Waals surface area contributed by atoms with E-state index in [4.69, 9.17) is 18.9 Å². The lowest BCUT2D eigenvalue weighted by Crippen LogP contribution is -2.45. The van der Waals surface area contributed by atoms with Crippen LogP contribution in [0, 0.1) is 16.7 Å². The van der Waals surface area contributed by atoms with Crippen LogP contribution in [0.1, 0.15) is 78.6 Å². The van der Waals surface area contributed by atoms with Crippen molar-refractivity contribution in [2.45, 2.75) is 78.6 Å². The Bertz CT molecular complexity index is 857. The molecule has 0 N–H and O–H groups in total. The summed E-state index contributed by atoms with van der Waals surface area (Å²) in [6.45, 7) is 7.01. The largest absolute Gasteiger partial charge is 0.469 e. The number of ketones is 2. The molecule has 1 rings (SSSR count). The molecule has 0 amide bonds. The lowest BCUT2D eigenvalue weighted by molar-refractivity contribution is -0.161. The Morgan fingerprint density at radius 1 is 0.892 bits per heavy atom. The van der Waals surface area contributed by atoms with Crippen molar-refractivity contribution >= 4 is 35.4 Å². The number of Topliss-reactive ketones (excluding diaryl/α,β-unsaturated/α-hetero) is 2. The maximum atomic E-state index is 13.5. The van der Waals surface area contributed by atoms with Gasteiger partial charge in [-0.1, -0.05) is 32.8 Å². The monoisotopic (exact) mass is 524 g/mol. The lowest BCUT2D eigenvalue weighted by atomic mass is 9.67. The molecule has 0 saturated heterocycles. The van der Waals surface area contributed by atoms with E-state index in [2.05, 4.69) is 6.58 Å². The fourth-order valence-electron chi connectivity index (χ4n) is 4.44. The van der Waals surface area contributed by atoms with Crippen molar-refractivity contribution in [1.29, 1.82) is 0 Å². The zero-order valence-corrected chi connectivity index (χ0v) is 22.4. The molecule has 1 aliphatic carbocycles. The van der Waals surface area contributed by atoms with E-state index in [1.165, 1.54) is 21.0 Å². The summed E-state index contributed by atoms with van der Waals surface area (Å²) < 4.78 is 20.4. The molecule has 1 fully saturated rings. The van der Waals surface area contributed by atoms with Gasteiger partial charge in [0.05, 0.1) is 24.4 Å². The van der Waals surface area contributed by atoms with Crippen LogP contribution in [0.5, 0.6) is 0 Å². The summed E-state index contributed by atoms with van der Waals surface area (Å²) in [6, 6.07) is 0. The van der Waals surface area contributed by atoms with Crippen molar-refractivity contribution in [2.75, 3.05) is 26.9 Å². The standard InChI is InChI=1S/C27H40O10/c1-6-22(30)36-17-26(7-2,16-35-20(4)29)18-37-23(31)13-14-27(19(3)28,15-24(32)34-5)25(33)21-11-9-8-10-12-21/h6,21H,1,7-18H2,2-5H3. The smallest absolute Gasteiger partial charge is 0.330 e. The number of rotatable bonds is 16. The molecule has 0 heterocycles. The van der Waals surface area contributed by atoms with Gasteiger partial charge in [-0.15, -0.1) is 0 Å². The maximum Gasteiger partial charge on any atom is 0.330 e. The second-order valence-electron chi connectivity index (χ2n) is 9.70. The summed E-state index contributed by atoms with van der Waals surface area (Å²) in [7, 11) is 1.18. The Morgan fingerprint density at radius 3 is 2.00 bits per heavy atom. The number of esters is 4. The average molecular weight is 525 g/mol. The Hall–Kier alpha value is -3.04. The molecule has 2 atom stereocenters. The molecular formula is C27H40O10. The minimum Gasteiger partial charge on any atom is -0.469 e. The zero-order chi connectivity index (χ0) is 28.1. The van der Waals surface area contributed by atoms with Gasteiger partial charge in [0.25, 0.3) is 0 Å². The second kappa shape index (κ2) is 15.3. The lowest BCUT2D eigenvalue weighted by Gasteiger charge is -2.34. The summed E-state index contributed by atoms with van der Waals surface area (Å²) >= 11 is 0. The summed E-state index contributed by atoms with van der Waals surface area (Å²) in [5.74, 6) is -3.81. The second-order valence-corrected chi connectivity index (χ2v) is 9.70. The molecule has 37 heavy (non-hydrogen) atoms. The number of carbonyl (C=O) groups is 6.